The first kappa shape index (κ1) is 54.4. The van der Waals surface area contributed by atoms with Crippen molar-refractivity contribution >= 4 is 37.2 Å². The maximum atomic E-state index is 9.37. The van der Waals surface area contributed by atoms with Gasteiger partial charge in [-0.05, 0) is 24.3 Å². The molecule has 0 amide bonds. The molecule has 0 aromatic heterocycles. The van der Waals surface area contributed by atoms with Crippen molar-refractivity contribution in [2.75, 3.05) is 11.5 Å². The van der Waals surface area contributed by atoms with Crippen LogP contribution in [0.2, 0.25) is 0 Å². The van der Waals surface area contributed by atoms with Gasteiger partial charge < -0.3 is 10.2 Å². The van der Waals surface area contributed by atoms with E-state index < -0.39 is 11.9 Å². The van der Waals surface area contributed by atoms with Crippen molar-refractivity contribution in [1.29, 1.82) is 0 Å². The highest BCUT2D eigenvalue weighted by Crippen LogP contribution is 2.15. The van der Waals surface area contributed by atoms with Crippen LogP contribution in [0.15, 0.2) is 0 Å². The number of carboxylic acid groups (broad SMARTS) is 2. The minimum atomic E-state index is -0.745. The highest BCUT2D eigenvalue weighted by Gasteiger charge is 1.95. The number of hydrogen-bond acceptors (Lipinski definition) is 4. The predicted octanol–water partition coefficient (Wildman–Crippen LogP) is 15.3. The van der Waals surface area contributed by atoms with Gasteiger partial charge in [-0.2, -0.15) is 25.3 Å². The Morgan fingerprint density at radius 1 is 0.312 bits per heavy atom. The Kier molecular flexibility index (Phi) is 63.5. The van der Waals surface area contributed by atoms with Gasteiger partial charge in [-0.1, -0.05) is 220 Å². The van der Waals surface area contributed by atoms with Gasteiger partial charge in [0.2, 0.25) is 0 Å². The molecule has 0 bridgehead atoms. The maximum Gasteiger partial charge on any atom is 0.303 e. The number of rotatable bonds is 34. The summed E-state index contributed by atoms with van der Waals surface area (Å²) < 4.78 is 0. The molecule has 0 fully saturated rings. The number of hydrogen-bond donors (Lipinski definition) is 4. The fourth-order valence-electron chi connectivity index (χ4n) is 5.32. The van der Waals surface area contributed by atoms with Gasteiger partial charge in [0.15, 0.2) is 0 Å². The third-order valence-electron chi connectivity index (χ3n) is 8.63. The molecule has 0 aliphatic heterocycles. The molecule has 0 aliphatic carbocycles. The third-order valence-corrected chi connectivity index (χ3v) is 9.26. The molecule has 0 atom stereocenters. The molecule has 48 heavy (non-hydrogen) atoms. The molecule has 0 spiro atoms. The zero-order valence-corrected chi connectivity index (χ0v) is 34.9. The number of carbonyl (C=O) groups is 2. The van der Waals surface area contributed by atoms with Crippen molar-refractivity contribution in [1.82, 2.24) is 0 Å². The fourth-order valence-corrected chi connectivity index (χ4v) is 5.77. The largest absolute Gasteiger partial charge is 0.481 e. The first-order chi connectivity index (χ1) is 23.4. The molecule has 0 heterocycles. The number of unbranched alkanes of at least 4 members (excludes halogenated alkanes) is 30. The number of carboxylic acids is 2. The Hall–Kier alpha value is -0.360. The van der Waals surface area contributed by atoms with Crippen LogP contribution >= 0.6 is 25.3 Å². The Balaban J connectivity index is -0.000000314. The summed E-state index contributed by atoms with van der Waals surface area (Å²) in [5.41, 5.74) is 0. The molecule has 292 valence electrons. The summed E-state index contributed by atoms with van der Waals surface area (Å²) in [6, 6.07) is 0. The van der Waals surface area contributed by atoms with Crippen molar-refractivity contribution in [2.24, 2.45) is 0 Å². The van der Waals surface area contributed by atoms with E-state index in [0.29, 0.717) is 0 Å². The van der Waals surface area contributed by atoms with Crippen LogP contribution in [0.5, 0.6) is 0 Å². The van der Waals surface area contributed by atoms with E-state index in [1.165, 1.54) is 205 Å². The van der Waals surface area contributed by atoms with Gasteiger partial charge in [0.25, 0.3) is 0 Å². The van der Waals surface area contributed by atoms with E-state index in [1.54, 1.807) is 13.8 Å². The van der Waals surface area contributed by atoms with Crippen LogP contribution in [0.3, 0.4) is 0 Å². The highest BCUT2D eigenvalue weighted by molar-refractivity contribution is 7.80. The van der Waals surface area contributed by atoms with Gasteiger partial charge in [-0.25, -0.2) is 0 Å². The second-order valence-corrected chi connectivity index (χ2v) is 14.4. The van der Waals surface area contributed by atoms with Gasteiger partial charge >= 0.3 is 11.9 Å². The Bertz CT molecular complexity index is 480. The summed E-state index contributed by atoms with van der Waals surface area (Å²) in [6.07, 6.45) is 46.7. The van der Waals surface area contributed by atoms with Crippen LogP contribution in [0, 0.1) is 0 Å². The van der Waals surface area contributed by atoms with Crippen LogP contribution < -0.4 is 0 Å². The summed E-state index contributed by atoms with van der Waals surface area (Å²) >= 11 is 8.49. The SMILES string of the molecule is CCC(=O)O.CCC(=O)O.CCCCCCCCCCCCCCCCCCS.CCCCCCCCCCCCCCCCCCS. The van der Waals surface area contributed by atoms with Gasteiger partial charge in [0.05, 0.1) is 0 Å². The fraction of sp³-hybridized carbons (Fsp3) is 0.952. The highest BCUT2D eigenvalue weighted by atomic mass is 32.1. The lowest BCUT2D eigenvalue weighted by Crippen LogP contribution is -1.86. The number of aliphatic carboxylic acids is 2. The molecule has 0 saturated heterocycles. The lowest BCUT2D eigenvalue weighted by Gasteiger charge is -2.03. The molecule has 0 aromatic carbocycles. The average Bonchev–Trinajstić information content (AvgIpc) is 3.09. The Labute approximate surface area is 313 Å². The Morgan fingerprint density at radius 3 is 0.542 bits per heavy atom. The molecule has 0 radical (unpaired) electrons. The van der Waals surface area contributed by atoms with Crippen LogP contribution in [-0.2, 0) is 9.59 Å². The topological polar surface area (TPSA) is 74.6 Å². The average molecular weight is 721 g/mol. The van der Waals surface area contributed by atoms with Crippen molar-refractivity contribution in [3.05, 3.63) is 0 Å². The normalized spacial score (nSPS) is 10.3. The standard InChI is InChI=1S/2C18H38S.2C3H6O2/c2*1-2-3-4-5-6-7-8-9-10-11-12-13-14-15-16-17-18-19;2*1-2-3(4)5/h2*19H,2-18H2,1H3;2*2H2,1H3,(H,4,5). The quantitative estimate of drug-likeness (QED) is 0.0394. The molecular formula is C42H88O4S2. The van der Waals surface area contributed by atoms with Crippen LogP contribution in [0.4, 0.5) is 0 Å². The van der Waals surface area contributed by atoms with E-state index >= 15 is 0 Å². The maximum absolute atomic E-state index is 9.37. The third kappa shape index (κ3) is 71.6. The van der Waals surface area contributed by atoms with E-state index in [9.17, 15) is 9.59 Å². The lowest BCUT2D eigenvalue weighted by molar-refractivity contribution is -0.137. The molecule has 2 N–H and O–H groups in total. The zero-order chi connectivity index (χ0) is 36.6. The van der Waals surface area contributed by atoms with E-state index in [4.69, 9.17) is 10.2 Å². The van der Waals surface area contributed by atoms with Crippen molar-refractivity contribution < 1.29 is 19.8 Å². The summed E-state index contributed by atoms with van der Waals surface area (Å²) in [6.45, 7) is 7.78. The summed E-state index contributed by atoms with van der Waals surface area (Å²) in [4.78, 5) is 18.7. The van der Waals surface area contributed by atoms with Gasteiger partial charge in [-0.3, -0.25) is 9.59 Å². The second-order valence-electron chi connectivity index (χ2n) is 13.5. The molecular weight excluding hydrogens is 633 g/mol. The van der Waals surface area contributed by atoms with E-state index in [0.717, 1.165) is 11.5 Å². The summed E-state index contributed by atoms with van der Waals surface area (Å²) in [7, 11) is 0. The van der Waals surface area contributed by atoms with Crippen LogP contribution in [0.1, 0.15) is 246 Å². The molecule has 0 rings (SSSR count). The first-order valence-electron chi connectivity index (χ1n) is 21.0. The monoisotopic (exact) mass is 721 g/mol. The number of thiol groups is 2. The second kappa shape index (κ2) is 56.0. The lowest BCUT2D eigenvalue weighted by atomic mass is 10.0. The van der Waals surface area contributed by atoms with Crippen molar-refractivity contribution in [3.8, 4) is 0 Å². The van der Waals surface area contributed by atoms with Crippen LogP contribution in [0.25, 0.3) is 0 Å². The van der Waals surface area contributed by atoms with E-state index in [1.807, 2.05) is 0 Å². The predicted molar refractivity (Wildman–Crippen MR) is 223 cm³/mol. The smallest absolute Gasteiger partial charge is 0.303 e. The first-order valence-corrected chi connectivity index (χ1v) is 22.3. The van der Waals surface area contributed by atoms with Crippen molar-refractivity contribution in [2.45, 2.75) is 246 Å². The van der Waals surface area contributed by atoms with Crippen molar-refractivity contribution in [3.63, 3.8) is 0 Å². The minimum absolute atomic E-state index is 0.222. The minimum Gasteiger partial charge on any atom is -0.481 e. The van der Waals surface area contributed by atoms with Crippen LogP contribution in [-0.4, -0.2) is 33.7 Å². The molecule has 4 nitrogen and oxygen atoms in total. The van der Waals surface area contributed by atoms with E-state index in [2.05, 4.69) is 39.1 Å². The van der Waals surface area contributed by atoms with Gasteiger partial charge in [0, 0.05) is 12.8 Å². The zero-order valence-electron chi connectivity index (χ0n) is 33.1. The molecule has 0 saturated carbocycles. The van der Waals surface area contributed by atoms with Gasteiger partial charge in [0.1, 0.15) is 0 Å². The molecule has 6 heteroatoms. The summed E-state index contributed by atoms with van der Waals surface area (Å²) in [5, 5.41) is 15.4. The summed E-state index contributed by atoms with van der Waals surface area (Å²) in [5.74, 6) is 0.645. The molecule has 0 aromatic rings. The molecule has 0 unspecified atom stereocenters. The van der Waals surface area contributed by atoms with Gasteiger partial charge in [-0.15, -0.1) is 0 Å². The molecule has 0 aliphatic rings. The Morgan fingerprint density at radius 2 is 0.438 bits per heavy atom. The van der Waals surface area contributed by atoms with E-state index in [-0.39, 0.29) is 12.8 Å².